The maximum Gasteiger partial charge on any atom is 0.237 e. The molecule has 1 amide bonds. The van der Waals surface area contributed by atoms with Gasteiger partial charge in [-0.3, -0.25) is 4.79 Å². The van der Waals surface area contributed by atoms with Crippen LogP contribution < -0.4 is 11.1 Å². The molecule has 1 aliphatic carbocycles. The van der Waals surface area contributed by atoms with Gasteiger partial charge in [0.15, 0.2) is 11.6 Å². The van der Waals surface area contributed by atoms with Crippen molar-refractivity contribution in [3.63, 3.8) is 0 Å². The minimum absolute atomic E-state index is 0.00368. The van der Waals surface area contributed by atoms with Crippen LogP contribution in [0, 0.1) is 28.8 Å². The molecule has 108 valence electrons. The Labute approximate surface area is 119 Å². The fourth-order valence-corrected chi connectivity index (χ4v) is 2.78. The van der Waals surface area contributed by atoms with Gasteiger partial charge in [-0.2, -0.15) is 0 Å². The first-order valence-electron chi connectivity index (χ1n) is 6.02. The third kappa shape index (κ3) is 2.37. The summed E-state index contributed by atoms with van der Waals surface area (Å²) in [5.74, 6) is -3.82. The highest BCUT2D eigenvalue weighted by atomic mass is 32.1. The summed E-state index contributed by atoms with van der Waals surface area (Å²) in [6.07, 6.45) is 0.858. The average Bonchev–Trinajstić information content (AvgIpc) is 2.28. The van der Waals surface area contributed by atoms with Crippen molar-refractivity contribution in [3.05, 3.63) is 29.6 Å². The lowest BCUT2D eigenvalue weighted by Gasteiger charge is -2.44. The SMILES string of the molecule is CC1CC(C(=O)Nc2c(F)cc(F)cc2F)(C(N)=S)C1. The number of amides is 1. The minimum Gasteiger partial charge on any atom is -0.392 e. The molecule has 0 aromatic heterocycles. The van der Waals surface area contributed by atoms with E-state index in [2.05, 4.69) is 5.32 Å². The van der Waals surface area contributed by atoms with Crippen LogP contribution in [0.3, 0.4) is 0 Å². The molecule has 1 fully saturated rings. The first-order chi connectivity index (χ1) is 9.26. The Bertz CT molecular complexity index is 562. The molecule has 1 aromatic carbocycles. The summed E-state index contributed by atoms with van der Waals surface area (Å²) in [5.41, 5.74) is 3.80. The Morgan fingerprint density at radius 3 is 2.25 bits per heavy atom. The van der Waals surface area contributed by atoms with Crippen LogP contribution in [-0.2, 0) is 4.79 Å². The number of hydrogen-bond donors (Lipinski definition) is 2. The Morgan fingerprint density at radius 2 is 1.85 bits per heavy atom. The first-order valence-corrected chi connectivity index (χ1v) is 6.43. The highest BCUT2D eigenvalue weighted by molar-refractivity contribution is 7.80. The van der Waals surface area contributed by atoms with Crippen molar-refractivity contribution < 1.29 is 18.0 Å². The van der Waals surface area contributed by atoms with Crippen LogP contribution in [0.25, 0.3) is 0 Å². The second kappa shape index (κ2) is 5.05. The minimum atomic E-state index is -1.18. The van der Waals surface area contributed by atoms with Crippen molar-refractivity contribution in [2.24, 2.45) is 17.1 Å². The molecule has 0 unspecified atom stereocenters. The summed E-state index contributed by atoms with van der Waals surface area (Å²) < 4.78 is 39.8. The molecular weight excluding hydrogens is 289 g/mol. The summed E-state index contributed by atoms with van der Waals surface area (Å²) >= 11 is 4.88. The normalized spacial score (nSPS) is 24.9. The number of anilines is 1. The smallest absolute Gasteiger partial charge is 0.237 e. The lowest BCUT2D eigenvalue weighted by atomic mass is 9.62. The van der Waals surface area contributed by atoms with Crippen LogP contribution in [0.15, 0.2) is 12.1 Å². The Hall–Kier alpha value is -1.63. The van der Waals surface area contributed by atoms with Crippen LogP contribution >= 0.6 is 12.2 Å². The van der Waals surface area contributed by atoms with Gasteiger partial charge in [0.1, 0.15) is 11.5 Å². The van der Waals surface area contributed by atoms with Gasteiger partial charge >= 0.3 is 0 Å². The molecule has 1 aromatic rings. The molecule has 0 atom stereocenters. The molecule has 1 saturated carbocycles. The van der Waals surface area contributed by atoms with Crippen molar-refractivity contribution >= 4 is 28.8 Å². The van der Waals surface area contributed by atoms with Gasteiger partial charge in [0, 0.05) is 12.1 Å². The van der Waals surface area contributed by atoms with E-state index in [0.717, 1.165) is 0 Å². The standard InChI is InChI=1S/C13H13F3N2OS/c1-6-4-13(5-6,11(17)20)12(19)18-10-8(15)2-7(14)3-9(10)16/h2-3,6H,4-5H2,1H3,(H2,17,20)(H,18,19). The largest absolute Gasteiger partial charge is 0.392 e. The van der Waals surface area contributed by atoms with Crippen LogP contribution in [-0.4, -0.2) is 10.9 Å². The predicted molar refractivity (Wildman–Crippen MR) is 72.6 cm³/mol. The molecule has 20 heavy (non-hydrogen) atoms. The van der Waals surface area contributed by atoms with E-state index in [-0.39, 0.29) is 10.9 Å². The lowest BCUT2D eigenvalue weighted by molar-refractivity contribution is -0.127. The quantitative estimate of drug-likeness (QED) is 0.844. The Morgan fingerprint density at radius 1 is 1.35 bits per heavy atom. The van der Waals surface area contributed by atoms with Crippen molar-refractivity contribution in [2.45, 2.75) is 19.8 Å². The van der Waals surface area contributed by atoms with E-state index in [0.29, 0.717) is 25.0 Å². The van der Waals surface area contributed by atoms with Crippen LogP contribution in [0.1, 0.15) is 19.8 Å². The molecular formula is C13H13F3N2OS. The average molecular weight is 302 g/mol. The van der Waals surface area contributed by atoms with Gasteiger partial charge in [-0.05, 0) is 18.8 Å². The molecule has 3 N–H and O–H groups in total. The summed E-state index contributed by atoms with van der Waals surface area (Å²) in [4.78, 5) is 12.2. The number of halogens is 3. The molecule has 0 bridgehead atoms. The van der Waals surface area contributed by atoms with Gasteiger partial charge in [-0.25, -0.2) is 13.2 Å². The first kappa shape index (κ1) is 14.8. The summed E-state index contributed by atoms with van der Waals surface area (Å²) in [6, 6.07) is 0.991. The number of nitrogens with one attached hydrogen (secondary N) is 1. The van der Waals surface area contributed by atoms with Gasteiger partial charge in [-0.15, -0.1) is 0 Å². The Balaban J connectivity index is 2.26. The monoisotopic (exact) mass is 302 g/mol. The lowest BCUT2D eigenvalue weighted by Crippen LogP contribution is -2.54. The molecule has 0 spiro atoms. The highest BCUT2D eigenvalue weighted by Gasteiger charge is 2.51. The molecule has 0 radical (unpaired) electrons. The molecule has 0 aliphatic heterocycles. The number of benzene rings is 1. The maximum atomic E-state index is 13.5. The molecule has 2 rings (SSSR count). The summed E-state index contributed by atoms with van der Waals surface area (Å²) in [5, 5.41) is 2.13. The van der Waals surface area contributed by atoms with Crippen molar-refractivity contribution in [1.29, 1.82) is 0 Å². The number of thiocarbonyl (C=S) groups is 1. The van der Waals surface area contributed by atoms with Gasteiger partial charge in [0.05, 0.1) is 10.4 Å². The summed E-state index contributed by atoms with van der Waals surface area (Å²) in [7, 11) is 0. The third-order valence-electron chi connectivity index (χ3n) is 3.55. The van der Waals surface area contributed by atoms with E-state index in [4.69, 9.17) is 18.0 Å². The number of carbonyl (C=O) groups excluding carboxylic acids is 1. The molecule has 0 saturated heterocycles. The zero-order valence-electron chi connectivity index (χ0n) is 10.7. The van der Waals surface area contributed by atoms with Crippen molar-refractivity contribution in [3.8, 4) is 0 Å². The van der Waals surface area contributed by atoms with E-state index in [1.165, 1.54) is 0 Å². The molecule has 0 heterocycles. The van der Waals surface area contributed by atoms with Gasteiger partial charge in [0.2, 0.25) is 5.91 Å². The zero-order chi connectivity index (χ0) is 15.1. The van der Waals surface area contributed by atoms with Crippen LogP contribution in [0.5, 0.6) is 0 Å². The second-order valence-corrected chi connectivity index (χ2v) is 5.60. The van der Waals surface area contributed by atoms with Crippen molar-refractivity contribution in [2.75, 3.05) is 5.32 Å². The summed E-state index contributed by atoms with van der Waals surface area (Å²) in [6.45, 7) is 1.92. The Kier molecular flexibility index (Phi) is 3.73. The third-order valence-corrected chi connectivity index (χ3v) is 3.94. The number of hydrogen-bond acceptors (Lipinski definition) is 2. The van der Waals surface area contributed by atoms with E-state index in [1.54, 1.807) is 0 Å². The number of rotatable bonds is 3. The van der Waals surface area contributed by atoms with Gasteiger partial charge < -0.3 is 11.1 Å². The van der Waals surface area contributed by atoms with E-state index in [1.807, 2.05) is 6.92 Å². The topological polar surface area (TPSA) is 55.1 Å². The molecule has 7 heteroatoms. The molecule has 1 aliphatic rings. The van der Waals surface area contributed by atoms with Crippen LogP contribution in [0.2, 0.25) is 0 Å². The van der Waals surface area contributed by atoms with Crippen LogP contribution in [0.4, 0.5) is 18.9 Å². The molecule has 3 nitrogen and oxygen atoms in total. The fraction of sp³-hybridized carbons (Fsp3) is 0.385. The number of nitrogens with two attached hydrogens (primary N) is 1. The maximum absolute atomic E-state index is 13.5. The highest BCUT2D eigenvalue weighted by Crippen LogP contribution is 2.46. The second-order valence-electron chi connectivity index (χ2n) is 5.16. The number of carbonyl (C=O) groups is 1. The fourth-order valence-electron chi connectivity index (χ4n) is 2.52. The van der Waals surface area contributed by atoms with E-state index in [9.17, 15) is 18.0 Å². The zero-order valence-corrected chi connectivity index (χ0v) is 11.5. The van der Waals surface area contributed by atoms with Gasteiger partial charge in [0.25, 0.3) is 0 Å². The van der Waals surface area contributed by atoms with Gasteiger partial charge in [-0.1, -0.05) is 19.1 Å². The van der Waals surface area contributed by atoms with E-state index < -0.39 is 34.5 Å². The van der Waals surface area contributed by atoms with Crippen molar-refractivity contribution in [1.82, 2.24) is 0 Å². The predicted octanol–water partition coefficient (Wildman–Crippen LogP) is 2.74. The van der Waals surface area contributed by atoms with E-state index >= 15 is 0 Å².